The van der Waals surface area contributed by atoms with Gasteiger partial charge in [-0.05, 0) is 87.1 Å². The molecule has 4 fully saturated rings. The summed E-state index contributed by atoms with van der Waals surface area (Å²) in [4.78, 5) is 2.67. The number of likely N-dealkylation sites (tertiary alicyclic amines) is 1. The van der Waals surface area contributed by atoms with E-state index in [1.165, 1.54) is 44.7 Å². The summed E-state index contributed by atoms with van der Waals surface area (Å²) in [7, 11) is 1.68. The molecule has 2 bridgehead atoms. The summed E-state index contributed by atoms with van der Waals surface area (Å²) in [5.41, 5.74) is 1.06. The number of benzene rings is 1. The van der Waals surface area contributed by atoms with Gasteiger partial charge in [0.2, 0.25) is 0 Å². The van der Waals surface area contributed by atoms with E-state index in [2.05, 4.69) is 4.90 Å². The second-order valence-electron chi connectivity index (χ2n) is 8.24. The molecule has 1 aliphatic heterocycles. The molecule has 1 saturated heterocycles. The van der Waals surface area contributed by atoms with Crippen LogP contribution < -0.4 is 4.74 Å². The van der Waals surface area contributed by atoms with Gasteiger partial charge < -0.3 is 9.64 Å². The number of halogens is 1. The number of ether oxygens (including phenoxy) is 1. The fourth-order valence-corrected chi connectivity index (χ4v) is 5.52. The zero-order valence-electron chi connectivity index (χ0n) is 14.8. The molecule has 2 nitrogen and oxygen atoms in total. The van der Waals surface area contributed by atoms with Crippen molar-refractivity contribution >= 4 is 0 Å². The maximum Gasteiger partial charge on any atom is 0.123 e. The smallest absolute Gasteiger partial charge is 0.123 e. The highest BCUT2D eigenvalue weighted by Crippen LogP contribution is 2.45. The van der Waals surface area contributed by atoms with Crippen LogP contribution in [0.3, 0.4) is 0 Å². The van der Waals surface area contributed by atoms with Crippen LogP contribution >= 0.6 is 0 Å². The minimum Gasteiger partial charge on any atom is -0.496 e. The predicted molar refractivity (Wildman–Crippen MR) is 94.9 cm³/mol. The molecular weight excluding hydrogens is 301 g/mol. The number of methoxy groups -OCH3 is 1. The SMILES string of the molecule is COc1ccc(F)cc1C1CCN(CC2CC3CCC2CC3)CC1. The van der Waals surface area contributed by atoms with E-state index in [0.717, 1.165) is 55.0 Å². The lowest BCUT2D eigenvalue weighted by molar-refractivity contribution is 0.0588. The van der Waals surface area contributed by atoms with Crippen molar-refractivity contribution in [2.24, 2.45) is 17.8 Å². The molecule has 1 heterocycles. The van der Waals surface area contributed by atoms with Gasteiger partial charge in [0.25, 0.3) is 0 Å². The van der Waals surface area contributed by atoms with Crippen LogP contribution in [0.2, 0.25) is 0 Å². The first kappa shape index (κ1) is 16.4. The van der Waals surface area contributed by atoms with Crippen molar-refractivity contribution < 1.29 is 9.13 Å². The molecule has 3 heteroatoms. The maximum absolute atomic E-state index is 13.6. The molecule has 3 saturated carbocycles. The van der Waals surface area contributed by atoms with Gasteiger partial charge in [-0.1, -0.05) is 12.8 Å². The van der Waals surface area contributed by atoms with Gasteiger partial charge in [-0.25, -0.2) is 4.39 Å². The first-order chi connectivity index (χ1) is 11.7. The van der Waals surface area contributed by atoms with E-state index in [1.807, 2.05) is 0 Å². The average molecular weight is 331 g/mol. The van der Waals surface area contributed by atoms with Gasteiger partial charge in [-0.2, -0.15) is 0 Å². The monoisotopic (exact) mass is 331 g/mol. The Bertz CT molecular complexity index is 559. The lowest BCUT2D eigenvalue weighted by atomic mass is 9.64. The van der Waals surface area contributed by atoms with Crippen LogP contribution in [0, 0.1) is 23.6 Å². The van der Waals surface area contributed by atoms with Crippen LogP contribution in [0.5, 0.6) is 5.75 Å². The van der Waals surface area contributed by atoms with Gasteiger partial charge in [0, 0.05) is 12.1 Å². The van der Waals surface area contributed by atoms with E-state index < -0.39 is 0 Å². The molecule has 0 aromatic heterocycles. The largest absolute Gasteiger partial charge is 0.496 e. The number of piperidine rings is 1. The van der Waals surface area contributed by atoms with Crippen LogP contribution in [0.15, 0.2) is 18.2 Å². The third-order valence-electron chi connectivity index (χ3n) is 6.91. The molecule has 3 aliphatic carbocycles. The molecule has 1 atom stereocenters. The van der Waals surface area contributed by atoms with Crippen molar-refractivity contribution in [2.75, 3.05) is 26.7 Å². The molecule has 5 rings (SSSR count). The Balaban J connectivity index is 1.34. The minimum absolute atomic E-state index is 0.147. The highest BCUT2D eigenvalue weighted by Gasteiger charge is 2.36. The van der Waals surface area contributed by atoms with E-state index in [0.29, 0.717) is 5.92 Å². The molecule has 24 heavy (non-hydrogen) atoms. The second kappa shape index (κ2) is 7.03. The molecule has 0 spiro atoms. The van der Waals surface area contributed by atoms with E-state index in [4.69, 9.17) is 4.74 Å². The zero-order valence-corrected chi connectivity index (χ0v) is 14.8. The molecule has 4 aliphatic rings. The van der Waals surface area contributed by atoms with Gasteiger partial charge in [-0.3, -0.25) is 0 Å². The molecule has 1 unspecified atom stereocenters. The molecule has 1 aromatic carbocycles. The highest BCUT2D eigenvalue weighted by molar-refractivity contribution is 5.37. The fraction of sp³-hybridized carbons (Fsp3) is 0.714. The lowest BCUT2D eigenvalue weighted by Gasteiger charge is -2.45. The Morgan fingerprint density at radius 3 is 2.46 bits per heavy atom. The first-order valence-corrected chi connectivity index (χ1v) is 9.78. The van der Waals surface area contributed by atoms with Crippen molar-refractivity contribution in [3.63, 3.8) is 0 Å². The van der Waals surface area contributed by atoms with Crippen LogP contribution in [0.1, 0.15) is 56.4 Å². The van der Waals surface area contributed by atoms with Gasteiger partial charge in [0.05, 0.1) is 7.11 Å². The Labute approximate surface area is 145 Å². The van der Waals surface area contributed by atoms with Crippen molar-refractivity contribution in [1.82, 2.24) is 4.90 Å². The summed E-state index contributed by atoms with van der Waals surface area (Å²) >= 11 is 0. The number of rotatable bonds is 4. The topological polar surface area (TPSA) is 12.5 Å². The first-order valence-electron chi connectivity index (χ1n) is 9.78. The third-order valence-corrected chi connectivity index (χ3v) is 6.91. The number of hydrogen-bond acceptors (Lipinski definition) is 2. The van der Waals surface area contributed by atoms with Crippen molar-refractivity contribution in [1.29, 1.82) is 0 Å². The average Bonchev–Trinajstić information content (AvgIpc) is 2.63. The van der Waals surface area contributed by atoms with E-state index in [1.54, 1.807) is 19.2 Å². The Morgan fingerprint density at radius 1 is 1.08 bits per heavy atom. The van der Waals surface area contributed by atoms with Gasteiger partial charge in [0.1, 0.15) is 11.6 Å². The minimum atomic E-state index is -0.147. The summed E-state index contributed by atoms with van der Waals surface area (Å²) in [5.74, 6) is 4.10. The Morgan fingerprint density at radius 2 is 1.83 bits per heavy atom. The van der Waals surface area contributed by atoms with Crippen molar-refractivity contribution in [3.8, 4) is 5.75 Å². The number of nitrogens with zero attached hydrogens (tertiary/aromatic N) is 1. The van der Waals surface area contributed by atoms with E-state index in [9.17, 15) is 4.39 Å². The highest BCUT2D eigenvalue weighted by atomic mass is 19.1. The second-order valence-corrected chi connectivity index (χ2v) is 8.24. The molecule has 0 radical (unpaired) electrons. The van der Waals surface area contributed by atoms with Gasteiger partial charge in [-0.15, -0.1) is 0 Å². The third kappa shape index (κ3) is 3.33. The van der Waals surface area contributed by atoms with Crippen molar-refractivity contribution in [3.05, 3.63) is 29.6 Å². The molecular formula is C21H30FNO. The lowest BCUT2D eigenvalue weighted by Crippen LogP contribution is -2.42. The van der Waals surface area contributed by atoms with Crippen LogP contribution in [0.4, 0.5) is 4.39 Å². The van der Waals surface area contributed by atoms with Crippen molar-refractivity contribution in [2.45, 2.75) is 50.9 Å². The maximum atomic E-state index is 13.6. The Hall–Kier alpha value is -1.09. The molecule has 132 valence electrons. The molecule has 0 amide bonds. The van der Waals surface area contributed by atoms with Crippen LogP contribution in [-0.4, -0.2) is 31.6 Å². The normalized spacial score (nSPS) is 31.3. The van der Waals surface area contributed by atoms with Crippen LogP contribution in [0.25, 0.3) is 0 Å². The molecule has 0 N–H and O–H groups in total. The summed E-state index contributed by atoms with van der Waals surface area (Å²) in [6.07, 6.45) is 9.66. The summed E-state index contributed by atoms with van der Waals surface area (Å²) in [6.45, 7) is 3.60. The summed E-state index contributed by atoms with van der Waals surface area (Å²) in [5, 5.41) is 0. The van der Waals surface area contributed by atoms with Crippen LogP contribution in [-0.2, 0) is 0 Å². The van der Waals surface area contributed by atoms with Gasteiger partial charge >= 0.3 is 0 Å². The number of hydrogen-bond donors (Lipinski definition) is 0. The van der Waals surface area contributed by atoms with E-state index in [-0.39, 0.29) is 5.82 Å². The summed E-state index contributed by atoms with van der Waals surface area (Å²) in [6, 6.07) is 4.95. The van der Waals surface area contributed by atoms with Gasteiger partial charge in [0.15, 0.2) is 0 Å². The number of fused-ring (bicyclic) bond motifs is 3. The summed E-state index contributed by atoms with van der Waals surface area (Å²) < 4.78 is 19.1. The van der Waals surface area contributed by atoms with E-state index >= 15 is 0 Å². The zero-order chi connectivity index (χ0) is 16.5. The molecule has 1 aromatic rings. The fourth-order valence-electron chi connectivity index (χ4n) is 5.52. The predicted octanol–water partition coefficient (Wildman–Crippen LogP) is 4.84. The quantitative estimate of drug-likeness (QED) is 0.783. The Kier molecular flexibility index (Phi) is 4.80. The standard InChI is InChI=1S/C21H30FNO/c1-24-21-7-6-19(22)13-20(21)17-8-10-23(11-9-17)14-18-12-15-2-4-16(18)5-3-15/h6-7,13,15-18H,2-5,8-12,14H2,1H3.